The van der Waals surface area contributed by atoms with Gasteiger partial charge in [0.25, 0.3) is 5.91 Å². The van der Waals surface area contributed by atoms with Crippen molar-refractivity contribution in [1.29, 1.82) is 0 Å². The van der Waals surface area contributed by atoms with E-state index in [1.807, 2.05) is 44.3 Å². The number of carbonyl (C=O) groups excluding carboxylic acids is 1. The number of carbonyl (C=O) groups is 2. The fourth-order valence-corrected chi connectivity index (χ4v) is 2.92. The first-order valence-electron chi connectivity index (χ1n) is 8.64. The van der Waals surface area contributed by atoms with Crippen molar-refractivity contribution in [3.8, 4) is 0 Å². The zero-order valence-corrected chi connectivity index (χ0v) is 15.2. The molecule has 6 heteroatoms. The molecule has 0 aliphatic heterocycles. The Morgan fingerprint density at radius 2 is 1.78 bits per heavy atom. The number of hydrogen-bond acceptors (Lipinski definition) is 3. The molecule has 2 N–H and O–H groups in total. The lowest BCUT2D eigenvalue weighted by Crippen LogP contribution is -2.27. The van der Waals surface area contributed by atoms with Crippen LogP contribution in [0.1, 0.15) is 50.5 Å². The third-order valence-electron chi connectivity index (χ3n) is 4.53. The lowest BCUT2D eigenvalue weighted by molar-refractivity contribution is 0.0696. The summed E-state index contributed by atoms with van der Waals surface area (Å²) in [6.45, 7) is 1.86. The topological polar surface area (TPSA) is 84.2 Å². The summed E-state index contributed by atoms with van der Waals surface area (Å²) in [5.74, 6) is -1.18. The lowest BCUT2D eigenvalue weighted by Gasteiger charge is -2.15. The molecule has 0 spiro atoms. The maximum atomic E-state index is 12.8. The molecular formula is C21H21N3O3. The highest BCUT2D eigenvalue weighted by Gasteiger charge is 2.19. The van der Waals surface area contributed by atoms with Crippen LogP contribution in [0, 0.1) is 0 Å². The minimum atomic E-state index is -0.973. The smallest absolute Gasteiger partial charge is 0.335 e. The van der Waals surface area contributed by atoms with Crippen molar-refractivity contribution in [1.82, 2.24) is 15.1 Å². The van der Waals surface area contributed by atoms with Crippen molar-refractivity contribution in [3.63, 3.8) is 0 Å². The predicted molar refractivity (Wildman–Crippen MR) is 102 cm³/mol. The van der Waals surface area contributed by atoms with Crippen LogP contribution in [0.15, 0.2) is 60.8 Å². The fourth-order valence-electron chi connectivity index (χ4n) is 2.92. The van der Waals surface area contributed by atoms with Gasteiger partial charge in [0.05, 0.1) is 29.1 Å². The van der Waals surface area contributed by atoms with Gasteiger partial charge in [-0.25, -0.2) is 4.79 Å². The third kappa shape index (κ3) is 4.23. The maximum absolute atomic E-state index is 12.8. The normalized spacial score (nSPS) is 11.8. The van der Waals surface area contributed by atoms with Gasteiger partial charge in [0.1, 0.15) is 0 Å². The maximum Gasteiger partial charge on any atom is 0.335 e. The Morgan fingerprint density at radius 1 is 1.11 bits per heavy atom. The summed E-state index contributed by atoms with van der Waals surface area (Å²) in [4.78, 5) is 23.7. The highest BCUT2D eigenvalue weighted by Crippen LogP contribution is 2.17. The summed E-state index contributed by atoms with van der Waals surface area (Å²) in [7, 11) is 1.82. The van der Waals surface area contributed by atoms with Gasteiger partial charge < -0.3 is 10.4 Å². The van der Waals surface area contributed by atoms with Crippen LogP contribution in [-0.4, -0.2) is 26.8 Å². The largest absolute Gasteiger partial charge is 0.478 e. The molecule has 0 radical (unpaired) electrons. The molecule has 6 nitrogen and oxygen atoms in total. The highest BCUT2D eigenvalue weighted by atomic mass is 16.4. The number of aromatic carboxylic acids is 1. The summed E-state index contributed by atoms with van der Waals surface area (Å²) >= 11 is 0. The number of carboxylic acid groups (broad SMARTS) is 1. The van der Waals surface area contributed by atoms with Crippen LogP contribution in [0.2, 0.25) is 0 Å². The first-order chi connectivity index (χ1) is 13.0. The number of nitrogens with zero attached hydrogens (tertiary/aromatic N) is 2. The van der Waals surface area contributed by atoms with Crippen molar-refractivity contribution in [2.75, 3.05) is 0 Å². The molecule has 0 unspecified atom stereocenters. The second-order valence-corrected chi connectivity index (χ2v) is 6.41. The summed E-state index contributed by atoms with van der Waals surface area (Å²) in [6.07, 6.45) is 2.19. The molecule has 0 saturated carbocycles. The summed E-state index contributed by atoms with van der Waals surface area (Å²) in [5.41, 5.74) is 3.53. The van der Waals surface area contributed by atoms with Crippen LogP contribution in [-0.2, 0) is 13.5 Å². The van der Waals surface area contributed by atoms with Gasteiger partial charge in [-0.15, -0.1) is 0 Å². The Balaban J connectivity index is 1.75. The SMILES string of the molecule is C[C@H](NC(=O)c1cnn(C)c1Cc1ccccc1)c1ccc(C(=O)O)cc1. The Bertz CT molecular complexity index is 947. The van der Waals surface area contributed by atoms with Crippen molar-refractivity contribution >= 4 is 11.9 Å². The summed E-state index contributed by atoms with van der Waals surface area (Å²) < 4.78 is 1.72. The summed E-state index contributed by atoms with van der Waals surface area (Å²) in [6, 6.07) is 16.1. The van der Waals surface area contributed by atoms with E-state index in [0.717, 1.165) is 16.8 Å². The number of benzene rings is 2. The molecule has 0 fully saturated rings. The van der Waals surface area contributed by atoms with Gasteiger partial charge in [0.15, 0.2) is 0 Å². The van der Waals surface area contributed by atoms with Gasteiger partial charge in [0, 0.05) is 13.5 Å². The second-order valence-electron chi connectivity index (χ2n) is 6.41. The molecule has 1 atom stereocenters. The van der Waals surface area contributed by atoms with Crippen LogP contribution in [0.4, 0.5) is 0 Å². The van der Waals surface area contributed by atoms with Gasteiger partial charge in [-0.05, 0) is 30.2 Å². The van der Waals surface area contributed by atoms with Crippen LogP contribution in [0.25, 0.3) is 0 Å². The van der Waals surface area contributed by atoms with E-state index in [4.69, 9.17) is 5.11 Å². The number of aryl methyl sites for hydroxylation is 1. The number of aromatic nitrogens is 2. The molecule has 3 aromatic rings. The molecule has 3 rings (SSSR count). The van der Waals surface area contributed by atoms with Crippen LogP contribution in [0.3, 0.4) is 0 Å². The lowest BCUT2D eigenvalue weighted by atomic mass is 10.0. The zero-order chi connectivity index (χ0) is 19.4. The number of nitrogens with one attached hydrogen (secondary N) is 1. The molecule has 1 amide bonds. The molecule has 0 bridgehead atoms. The van der Waals surface area contributed by atoms with Gasteiger partial charge in [-0.2, -0.15) is 5.10 Å². The minimum Gasteiger partial charge on any atom is -0.478 e. The number of amides is 1. The number of carboxylic acids is 1. The van der Waals surface area contributed by atoms with E-state index in [-0.39, 0.29) is 17.5 Å². The highest BCUT2D eigenvalue weighted by molar-refractivity contribution is 5.95. The first-order valence-corrected chi connectivity index (χ1v) is 8.64. The average molecular weight is 363 g/mol. The van der Waals surface area contributed by atoms with E-state index >= 15 is 0 Å². The van der Waals surface area contributed by atoms with Crippen LogP contribution >= 0.6 is 0 Å². The Hall–Kier alpha value is -3.41. The second kappa shape index (κ2) is 7.86. The molecule has 27 heavy (non-hydrogen) atoms. The van der Waals surface area contributed by atoms with E-state index in [9.17, 15) is 9.59 Å². The van der Waals surface area contributed by atoms with Crippen molar-refractivity contribution in [3.05, 3.63) is 88.7 Å². The average Bonchev–Trinajstić information content (AvgIpc) is 3.03. The van der Waals surface area contributed by atoms with E-state index < -0.39 is 5.97 Å². The standard InChI is InChI=1S/C21H21N3O3/c1-14(16-8-10-17(11-9-16)21(26)27)23-20(25)18-13-22-24(2)19(18)12-15-6-4-3-5-7-15/h3-11,13-14H,12H2,1-2H3,(H,23,25)(H,26,27)/t14-/m0/s1. The molecule has 1 heterocycles. The van der Waals surface area contributed by atoms with Gasteiger partial charge in [-0.3, -0.25) is 9.48 Å². The van der Waals surface area contributed by atoms with Gasteiger partial charge in [-0.1, -0.05) is 42.5 Å². The summed E-state index contributed by atoms with van der Waals surface area (Å²) in [5, 5.41) is 16.2. The van der Waals surface area contributed by atoms with E-state index in [2.05, 4.69) is 10.4 Å². The zero-order valence-electron chi connectivity index (χ0n) is 15.2. The Labute approximate surface area is 157 Å². The fraction of sp³-hybridized carbons (Fsp3) is 0.190. The van der Waals surface area contributed by atoms with Gasteiger partial charge in [0.2, 0.25) is 0 Å². The monoisotopic (exact) mass is 363 g/mol. The molecule has 0 saturated heterocycles. The molecule has 138 valence electrons. The molecule has 0 aliphatic rings. The first kappa shape index (κ1) is 18.4. The third-order valence-corrected chi connectivity index (χ3v) is 4.53. The predicted octanol–water partition coefficient (Wildman–Crippen LogP) is 3.20. The van der Waals surface area contributed by atoms with Crippen molar-refractivity contribution in [2.45, 2.75) is 19.4 Å². The number of hydrogen-bond donors (Lipinski definition) is 2. The van der Waals surface area contributed by atoms with Crippen molar-refractivity contribution < 1.29 is 14.7 Å². The molecule has 2 aromatic carbocycles. The van der Waals surface area contributed by atoms with E-state index in [1.54, 1.807) is 23.0 Å². The quantitative estimate of drug-likeness (QED) is 0.704. The molecule has 0 aliphatic carbocycles. The molecule has 1 aromatic heterocycles. The van der Waals surface area contributed by atoms with E-state index in [0.29, 0.717) is 12.0 Å². The number of rotatable bonds is 6. The van der Waals surface area contributed by atoms with E-state index in [1.165, 1.54) is 12.1 Å². The minimum absolute atomic E-state index is 0.205. The molecular weight excluding hydrogens is 342 g/mol. The van der Waals surface area contributed by atoms with Crippen LogP contribution in [0.5, 0.6) is 0 Å². The van der Waals surface area contributed by atoms with Crippen molar-refractivity contribution in [2.24, 2.45) is 7.05 Å². The Kier molecular flexibility index (Phi) is 5.35. The van der Waals surface area contributed by atoms with Gasteiger partial charge >= 0.3 is 5.97 Å². The Morgan fingerprint density at radius 3 is 2.41 bits per heavy atom. The van der Waals surface area contributed by atoms with Crippen LogP contribution < -0.4 is 5.32 Å².